The van der Waals surface area contributed by atoms with Crippen LogP contribution in [0.15, 0.2) is 103 Å². The zero-order valence-electron chi connectivity index (χ0n) is 21.3. The van der Waals surface area contributed by atoms with Gasteiger partial charge in [-0.05, 0) is 53.6 Å². The number of benzene rings is 4. The number of anilines is 3. The molecule has 4 aromatic rings. The molecule has 4 aromatic carbocycles. The van der Waals surface area contributed by atoms with Gasteiger partial charge in [-0.25, -0.2) is 0 Å². The summed E-state index contributed by atoms with van der Waals surface area (Å²) in [6, 6.07) is 32.5. The maximum absolute atomic E-state index is 13.3. The van der Waals surface area contributed by atoms with Crippen LogP contribution < -0.4 is 20.4 Å². The van der Waals surface area contributed by atoms with Crippen LogP contribution in [0.4, 0.5) is 17.1 Å². The van der Waals surface area contributed by atoms with Crippen LogP contribution in [0.25, 0.3) is 11.1 Å². The van der Waals surface area contributed by atoms with Gasteiger partial charge in [0.1, 0.15) is 0 Å². The van der Waals surface area contributed by atoms with E-state index in [9.17, 15) is 9.59 Å². The number of carbonyl (C=O) groups excluding carboxylic acids is 2. The van der Waals surface area contributed by atoms with Gasteiger partial charge in [0.05, 0.1) is 11.4 Å². The van der Waals surface area contributed by atoms with Gasteiger partial charge < -0.3 is 20.4 Å². The monoisotopic (exact) mass is 526 g/mol. The molecule has 7 heteroatoms. The summed E-state index contributed by atoms with van der Waals surface area (Å²) < 4.78 is 0. The number of para-hydroxylation sites is 2. The molecule has 0 bridgehead atoms. The first-order chi connectivity index (χ1) is 18.1. The molecule has 38 heavy (non-hydrogen) atoms. The lowest BCUT2D eigenvalue weighted by molar-refractivity contribution is 0.0991. The minimum absolute atomic E-state index is 0. The molecule has 5 rings (SSSR count). The van der Waals surface area contributed by atoms with E-state index in [2.05, 4.69) is 21.6 Å². The summed E-state index contributed by atoms with van der Waals surface area (Å²) in [7, 11) is 1.81. The first-order valence-electron chi connectivity index (χ1n) is 12.5. The number of piperazine rings is 1. The molecule has 194 valence electrons. The van der Waals surface area contributed by atoms with Crippen LogP contribution in [0.1, 0.15) is 20.7 Å². The molecule has 0 aliphatic carbocycles. The van der Waals surface area contributed by atoms with E-state index >= 15 is 0 Å². The van der Waals surface area contributed by atoms with Crippen molar-refractivity contribution in [3.63, 3.8) is 0 Å². The van der Waals surface area contributed by atoms with Crippen molar-refractivity contribution in [2.24, 2.45) is 0 Å². The molecule has 2 amide bonds. The van der Waals surface area contributed by atoms with Gasteiger partial charge in [0, 0.05) is 50.0 Å². The van der Waals surface area contributed by atoms with Gasteiger partial charge in [-0.15, -0.1) is 12.4 Å². The number of nitrogens with one attached hydrogen (secondary N) is 2. The fourth-order valence-electron chi connectivity index (χ4n) is 4.67. The molecule has 0 aromatic heterocycles. The van der Waals surface area contributed by atoms with Gasteiger partial charge in [-0.1, -0.05) is 60.7 Å². The highest BCUT2D eigenvalue weighted by Gasteiger charge is 2.20. The minimum Gasteiger partial charge on any atom is -0.367 e. The zero-order chi connectivity index (χ0) is 25.6. The Morgan fingerprint density at radius 1 is 0.789 bits per heavy atom. The number of hydrogen-bond acceptors (Lipinski definition) is 4. The van der Waals surface area contributed by atoms with Crippen molar-refractivity contribution in [3.8, 4) is 11.1 Å². The number of amides is 2. The molecule has 1 fully saturated rings. The summed E-state index contributed by atoms with van der Waals surface area (Å²) in [6.45, 7) is 3.66. The predicted octanol–water partition coefficient (Wildman–Crippen LogP) is 5.71. The highest BCUT2D eigenvalue weighted by molar-refractivity contribution is 6.10. The number of rotatable bonds is 6. The molecule has 1 saturated heterocycles. The second kappa shape index (κ2) is 12.4. The smallest absolute Gasteiger partial charge is 0.258 e. The Morgan fingerprint density at radius 2 is 1.42 bits per heavy atom. The standard InChI is InChI=1S/C31H30N4O2.ClH/c1-34(28-13-7-8-14-29(28)35-21-19-32-20-22-35)31(37)24-15-17-25(18-16-24)33-30(36)27-12-6-5-11-26(27)23-9-3-2-4-10-23;/h2-18,32H,19-22H2,1H3,(H,33,36);1H. The lowest BCUT2D eigenvalue weighted by atomic mass is 9.99. The maximum atomic E-state index is 13.3. The van der Waals surface area contributed by atoms with Crippen molar-refractivity contribution in [2.45, 2.75) is 0 Å². The molecule has 0 saturated carbocycles. The van der Waals surface area contributed by atoms with Crippen LogP contribution in [0.2, 0.25) is 0 Å². The molecule has 0 atom stereocenters. The molecule has 1 aliphatic heterocycles. The number of halogens is 1. The molecule has 6 nitrogen and oxygen atoms in total. The highest BCUT2D eigenvalue weighted by atomic mass is 35.5. The van der Waals surface area contributed by atoms with Crippen molar-refractivity contribution in [2.75, 3.05) is 48.3 Å². The largest absolute Gasteiger partial charge is 0.367 e. The molecular formula is C31H31ClN4O2. The topological polar surface area (TPSA) is 64.7 Å². The van der Waals surface area contributed by atoms with Crippen molar-refractivity contribution < 1.29 is 9.59 Å². The van der Waals surface area contributed by atoms with Gasteiger partial charge in [0.2, 0.25) is 0 Å². The Labute approximate surface area is 229 Å². The second-order valence-electron chi connectivity index (χ2n) is 9.03. The van der Waals surface area contributed by atoms with Gasteiger partial charge in [0.25, 0.3) is 11.8 Å². The summed E-state index contributed by atoms with van der Waals surface area (Å²) >= 11 is 0. The fourth-order valence-corrected chi connectivity index (χ4v) is 4.67. The first-order valence-corrected chi connectivity index (χ1v) is 12.5. The summed E-state index contributed by atoms with van der Waals surface area (Å²) in [4.78, 5) is 30.5. The van der Waals surface area contributed by atoms with Crippen LogP contribution in [0.3, 0.4) is 0 Å². The summed E-state index contributed by atoms with van der Waals surface area (Å²) in [5, 5.41) is 6.34. The Kier molecular flexibility index (Phi) is 8.79. The first kappa shape index (κ1) is 26.9. The quantitative estimate of drug-likeness (QED) is 0.337. The number of carbonyl (C=O) groups is 2. The number of nitrogens with zero attached hydrogens (tertiary/aromatic N) is 2. The average Bonchev–Trinajstić information content (AvgIpc) is 2.97. The molecule has 0 unspecified atom stereocenters. The van der Waals surface area contributed by atoms with Gasteiger partial charge in [0.15, 0.2) is 0 Å². The molecule has 0 radical (unpaired) electrons. The zero-order valence-corrected chi connectivity index (χ0v) is 22.1. The average molecular weight is 527 g/mol. The third kappa shape index (κ3) is 5.88. The SMILES string of the molecule is CN(C(=O)c1ccc(NC(=O)c2ccccc2-c2ccccc2)cc1)c1ccccc1N1CCNCC1.Cl. The van der Waals surface area contributed by atoms with E-state index in [-0.39, 0.29) is 24.2 Å². The molecule has 1 heterocycles. The normalized spacial score (nSPS) is 12.8. The van der Waals surface area contributed by atoms with E-state index in [0.717, 1.165) is 48.7 Å². The molecule has 0 spiro atoms. The molecule has 2 N–H and O–H groups in total. The van der Waals surface area contributed by atoms with E-state index in [1.165, 1.54) is 0 Å². The van der Waals surface area contributed by atoms with Crippen molar-refractivity contribution in [1.82, 2.24) is 5.32 Å². The second-order valence-corrected chi connectivity index (χ2v) is 9.03. The molecular weight excluding hydrogens is 496 g/mol. The van der Waals surface area contributed by atoms with Crippen LogP contribution >= 0.6 is 12.4 Å². The Hall–Kier alpha value is -4.13. The van der Waals surface area contributed by atoms with Crippen LogP contribution in [0, 0.1) is 0 Å². The molecule has 1 aliphatic rings. The lowest BCUT2D eigenvalue weighted by Gasteiger charge is -2.33. The van der Waals surface area contributed by atoms with Crippen molar-refractivity contribution >= 4 is 41.3 Å². The number of hydrogen-bond donors (Lipinski definition) is 2. The van der Waals surface area contributed by atoms with E-state index in [4.69, 9.17) is 0 Å². The van der Waals surface area contributed by atoms with Crippen molar-refractivity contribution in [1.29, 1.82) is 0 Å². The summed E-state index contributed by atoms with van der Waals surface area (Å²) in [5.74, 6) is -0.296. The van der Waals surface area contributed by atoms with Crippen molar-refractivity contribution in [3.05, 3.63) is 114 Å². The van der Waals surface area contributed by atoms with Crippen LogP contribution in [-0.4, -0.2) is 45.0 Å². The fraction of sp³-hybridized carbons (Fsp3) is 0.161. The van der Waals surface area contributed by atoms with Gasteiger partial charge in [-0.3, -0.25) is 9.59 Å². The Bertz CT molecular complexity index is 1390. The lowest BCUT2D eigenvalue weighted by Crippen LogP contribution is -2.44. The van der Waals surface area contributed by atoms with E-state index < -0.39 is 0 Å². The highest BCUT2D eigenvalue weighted by Crippen LogP contribution is 2.30. The third-order valence-electron chi connectivity index (χ3n) is 6.65. The van der Waals surface area contributed by atoms with E-state index in [1.54, 1.807) is 36.2 Å². The van der Waals surface area contributed by atoms with E-state index in [1.807, 2.05) is 72.8 Å². The predicted molar refractivity (Wildman–Crippen MR) is 158 cm³/mol. The van der Waals surface area contributed by atoms with Gasteiger partial charge in [-0.2, -0.15) is 0 Å². The Balaban J connectivity index is 0.00000336. The van der Waals surface area contributed by atoms with Crippen LogP contribution in [0.5, 0.6) is 0 Å². The summed E-state index contributed by atoms with van der Waals surface area (Å²) in [5.41, 5.74) is 5.58. The van der Waals surface area contributed by atoms with Crippen LogP contribution in [-0.2, 0) is 0 Å². The Morgan fingerprint density at radius 3 is 2.16 bits per heavy atom. The minimum atomic E-state index is -0.194. The van der Waals surface area contributed by atoms with E-state index in [0.29, 0.717) is 16.8 Å². The maximum Gasteiger partial charge on any atom is 0.258 e. The summed E-state index contributed by atoms with van der Waals surface area (Å²) in [6.07, 6.45) is 0. The van der Waals surface area contributed by atoms with Gasteiger partial charge >= 0.3 is 0 Å². The third-order valence-corrected chi connectivity index (χ3v) is 6.65.